The van der Waals surface area contributed by atoms with Crippen molar-refractivity contribution in [3.63, 3.8) is 0 Å². The minimum absolute atomic E-state index is 0.0961. The summed E-state index contributed by atoms with van der Waals surface area (Å²) in [7, 11) is 0. The quantitative estimate of drug-likeness (QED) is 0.443. The number of benzene rings is 1. The van der Waals surface area contributed by atoms with E-state index in [1.54, 1.807) is 46.3 Å². The van der Waals surface area contributed by atoms with Gasteiger partial charge >= 0.3 is 0 Å². The fraction of sp³-hybridized carbons (Fsp3) is 0.130. The molecule has 0 saturated heterocycles. The van der Waals surface area contributed by atoms with Crippen LogP contribution in [0.5, 0.6) is 0 Å². The fourth-order valence-corrected chi connectivity index (χ4v) is 3.79. The Morgan fingerprint density at radius 1 is 1.00 bits per heavy atom. The monoisotopic (exact) mass is 409 g/mol. The molecule has 0 spiro atoms. The van der Waals surface area contributed by atoms with Crippen LogP contribution in [0.4, 0.5) is 0 Å². The van der Waals surface area contributed by atoms with Gasteiger partial charge in [-0.1, -0.05) is 24.3 Å². The predicted octanol–water partition coefficient (Wildman–Crippen LogP) is 3.22. The second-order valence-corrected chi connectivity index (χ2v) is 7.35. The molecule has 8 heteroatoms. The van der Waals surface area contributed by atoms with Crippen LogP contribution >= 0.6 is 0 Å². The highest BCUT2D eigenvalue weighted by Crippen LogP contribution is 2.24. The minimum atomic E-state index is -0.0961. The Balaban J connectivity index is 1.59. The van der Waals surface area contributed by atoms with Gasteiger partial charge in [-0.25, -0.2) is 0 Å². The van der Waals surface area contributed by atoms with Crippen molar-refractivity contribution in [2.75, 3.05) is 0 Å². The maximum absolute atomic E-state index is 13.4. The van der Waals surface area contributed by atoms with E-state index in [0.29, 0.717) is 24.3 Å². The summed E-state index contributed by atoms with van der Waals surface area (Å²) >= 11 is 0. The van der Waals surface area contributed by atoms with Crippen molar-refractivity contribution in [2.45, 2.75) is 20.0 Å². The highest BCUT2D eigenvalue weighted by atomic mass is 16.2. The van der Waals surface area contributed by atoms with Gasteiger partial charge in [0, 0.05) is 47.8 Å². The van der Waals surface area contributed by atoms with Gasteiger partial charge in [0.15, 0.2) is 5.65 Å². The van der Waals surface area contributed by atoms with Crippen LogP contribution in [0.2, 0.25) is 0 Å². The van der Waals surface area contributed by atoms with E-state index in [0.717, 1.165) is 27.6 Å². The molecule has 8 nitrogen and oxygen atoms in total. The molecule has 4 aromatic heterocycles. The summed E-state index contributed by atoms with van der Waals surface area (Å²) in [6, 6.07) is 15.4. The molecule has 5 aromatic rings. The van der Waals surface area contributed by atoms with Crippen molar-refractivity contribution in [3.8, 4) is 0 Å². The summed E-state index contributed by atoms with van der Waals surface area (Å²) in [6.07, 6.45) is 6.73. The third kappa shape index (κ3) is 3.59. The van der Waals surface area contributed by atoms with Gasteiger partial charge in [-0.15, -0.1) is 5.10 Å². The largest absolute Gasteiger partial charge is 0.330 e. The number of tetrazole rings is 1. The van der Waals surface area contributed by atoms with Crippen molar-refractivity contribution < 1.29 is 4.79 Å². The molecule has 4 heterocycles. The Labute approximate surface area is 178 Å². The van der Waals surface area contributed by atoms with Gasteiger partial charge in [-0.3, -0.25) is 14.8 Å². The number of carbonyl (C=O) groups is 1. The Kier molecular flexibility index (Phi) is 4.80. The van der Waals surface area contributed by atoms with Gasteiger partial charge in [-0.2, -0.15) is 4.52 Å². The third-order valence-corrected chi connectivity index (χ3v) is 5.24. The SMILES string of the molecule is Cc1cccc2cc(CN(Cc3cccnc3)C(=O)c3ccncc3)c3nnnn3c12. The topological polar surface area (TPSA) is 89.2 Å². The van der Waals surface area contributed by atoms with Crippen molar-refractivity contribution >= 4 is 22.5 Å². The lowest BCUT2D eigenvalue weighted by molar-refractivity contribution is 0.0730. The number of hydrogen-bond donors (Lipinski definition) is 0. The summed E-state index contributed by atoms with van der Waals surface area (Å²) in [5.74, 6) is -0.0961. The number of aryl methyl sites for hydroxylation is 1. The first-order chi connectivity index (χ1) is 15.2. The molecule has 0 fully saturated rings. The van der Waals surface area contributed by atoms with Crippen LogP contribution in [-0.2, 0) is 13.1 Å². The molecule has 0 aliphatic heterocycles. The van der Waals surface area contributed by atoms with Crippen LogP contribution in [0, 0.1) is 6.92 Å². The van der Waals surface area contributed by atoms with Crippen LogP contribution in [0.1, 0.15) is 27.0 Å². The average molecular weight is 409 g/mol. The highest BCUT2D eigenvalue weighted by molar-refractivity contribution is 5.94. The van der Waals surface area contributed by atoms with Crippen LogP contribution < -0.4 is 0 Å². The molecule has 152 valence electrons. The summed E-state index contributed by atoms with van der Waals surface area (Å²) in [6.45, 7) is 2.79. The zero-order valence-corrected chi connectivity index (χ0v) is 16.9. The second-order valence-electron chi connectivity index (χ2n) is 7.35. The summed E-state index contributed by atoms with van der Waals surface area (Å²) < 4.78 is 1.75. The first-order valence-corrected chi connectivity index (χ1v) is 9.88. The predicted molar refractivity (Wildman–Crippen MR) is 115 cm³/mol. The van der Waals surface area contributed by atoms with Crippen LogP contribution in [0.15, 0.2) is 73.3 Å². The van der Waals surface area contributed by atoms with E-state index in [-0.39, 0.29) is 5.91 Å². The molecule has 0 radical (unpaired) electrons. The van der Waals surface area contributed by atoms with E-state index >= 15 is 0 Å². The number of hydrogen-bond acceptors (Lipinski definition) is 6. The molecule has 0 atom stereocenters. The van der Waals surface area contributed by atoms with E-state index in [1.807, 2.05) is 37.3 Å². The molecule has 0 bridgehead atoms. The van der Waals surface area contributed by atoms with Crippen molar-refractivity contribution in [1.82, 2.24) is 34.9 Å². The molecule has 0 aliphatic carbocycles. The Morgan fingerprint density at radius 3 is 2.68 bits per heavy atom. The highest BCUT2D eigenvalue weighted by Gasteiger charge is 2.20. The normalized spacial score (nSPS) is 11.1. The Hall–Kier alpha value is -4.20. The molecular weight excluding hydrogens is 390 g/mol. The summed E-state index contributed by atoms with van der Waals surface area (Å²) in [4.78, 5) is 23.3. The van der Waals surface area contributed by atoms with E-state index in [2.05, 4.69) is 31.6 Å². The number of nitrogens with zero attached hydrogens (tertiary/aromatic N) is 7. The molecule has 31 heavy (non-hydrogen) atoms. The molecular formula is C23H19N7O. The van der Waals surface area contributed by atoms with Gasteiger partial charge < -0.3 is 4.90 Å². The first kappa shape index (κ1) is 18.8. The fourth-order valence-electron chi connectivity index (χ4n) is 3.79. The first-order valence-electron chi connectivity index (χ1n) is 9.88. The van der Waals surface area contributed by atoms with Crippen LogP contribution in [0.25, 0.3) is 16.6 Å². The number of carbonyl (C=O) groups excluding carboxylic acids is 1. The number of fused-ring (bicyclic) bond motifs is 3. The van der Waals surface area contributed by atoms with E-state index < -0.39 is 0 Å². The molecule has 0 saturated carbocycles. The van der Waals surface area contributed by atoms with Gasteiger partial charge in [0.1, 0.15) is 0 Å². The van der Waals surface area contributed by atoms with Crippen molar-refractivity contribution in [3.05, 3.63) is 95.6 Å². The Bertz CT molecular complexity index is 1370. The van der Waals surface area contributed by atoms with Gasteiger partial charge in [-0.05, 0) is 52.7 Å². The Morgan fingerprint density at radius 2 is 1.87 bits per heavy atom. The van der Waals surface area contributed by atoms with Crippen molar-refractivity contribution in [2.24, 2.45) is 0 Å². The lowest BCUT2D eigenvalue weighted by Gasteiger charge is -2.23. The van der Waals surface area contributed by atoms with Crippen LogP contribution in [0.3, 0.4) is 0 Å². The van der Waals surface area contributed by atoms with E-state index in [4.69, 9.17) is 0 Å². The average Bonchev–Trinajstić information content (AvgIpc) is 3.30. The lowest BCUT2D eigenvalue weighted by atomic mass is 10.1. The lowest BCUT2D eigenvalue weighted by Crippen LogP contribution is -2.30. The molecule has 1 aromatic carbocycles. The molecule has 0 aliphatic rings. The summed E-state index contributed by atoms with van der Waals surface area (Å²) in [5, 5.41) is 13.3. The van der Waals surface area contributed by atoms with Crippen molar-refractivity contribution in [1.29, 1.82) is 0 Å². The standard InChI is InChI=1S/C23H19N7O/c1-16-4-2-6-19-12-20(22-26-27-28-30(22)21(16)19)15-29(14-17-5-3-9-25-13-17)23(31)18-7-10-24-11-8-18/h2-13H,14-15H2,1H3. The minimum Gasteiger partial charge on any atom is -0.330 e. The molecule has 0 N–H and O–H groups in total. The second kappa shape index (κ2) is 7.91. The smallest absolute Gasteiger partial charge is 0.254 e. The number of para-hydroxylation sites is 1. The molecule has 5 rings (SSSR count). The maximum Gasteiger partial charge on any atom is 0.254 e. The maximum atomic E-state index is 13.4. The van der Waals surface area contributed by atoms with Gasteiger partial charge in [0.05, 0.1) is 12.1 Å². The van der Waals surface area contributed by atoms with Gasteiger partial charge in [0.25, 0.3) is 5.91 Å². The molecule has 0 unspecified atom stereocenters. The zero-order valence-electron chi connectivity index (χ0n) is 16.9. The van der Waals surface area contributed by atoms with Crippen LogP contribution in [-0.4, -0.2) is 40.8 Å². The third-order valence-electron chi connectivity index (χ3n) is 5.24. The number of amides is 1. The summed E-state index contributed by atoms with van der Waals surface area (Å²) in [5.41, 5.74) is 5.07. The molecule has 1 amide bonds. The van der Waals surface area contributed by atoms with E-state index in [1.165, 1.54) is 0 Å². The number of rotatable bonds is 5. The number of pyridine rings is 3. The zero-order chi connectivity index (χ0) is 21.2. The van der Waals surface area contributed by atoms with E-state index in [9.17, 15) is 4.79 Å². The number of aromatic nitrogens is 6. The van der Waals surface area contributed by atoms with Gasteiger partial charge in [0.2, 0.25) is 0 Å².